The van der Waals surface area contributed by atoms with Crippen LogP contribution in [0.3, 0.4) is 0 Å². The molecule has 0 heterocycles. The minimum Gasteiger partial charge on any atom is -0.0733 e. The fraction of sp³-hybridized carbons (Fsp3) is 0.214. The molecular formula is C28H30Si. The van der Waals surface area contributed by atoms with Gasteiger partial charge in [0, 0.05) is 5.04 Å². The van der Waals surface area contributed by atoms with Gasteiger partial charge in [0.25, 0.3) is 0 Å². The zero-order valence-electron chi connectivity index (χ0n) is 17.9. The zero-order valence-corrected chi connectivity index (χ0v) is 18.9. The molecule has 1 atom stereocenters. The van der Waals surface area contributed by atoms with Gasteiger partial charge in [0.2, 0.25) is 0 Å². The van der Waals surface area contributed by atoms with Crippen molar-refractivity contribution in [3.63, 3.8) is 0 Å². The summed E-state index contributed by atoms with van der Waals surface area (Å²) in [6.45, 7) is 9.43. The molecule has 4 rings (SSSR count). The van der Waals surface area contributed by atoms with E-state index < -0.39 is 8.07 Å². The molecule has 0 saturated heterocycles. The van der Waals surface area contributed by atoms with E-state index >= 15 is 0 Å². The molecule has 0 radical (unpaired) electrons. The first-order chi connectivity index (χ1) is 14.0. The summed E-state index contributed by atoms with van der Waals surface area (Å²) in [7, 11) is -2.26. The monoisotopic (exact) mass is 394 g/mol. The van der Waals surface area contributed by atoms with Crippen molar-refractivity contribution in [2.24, 2.45) is 0 Å². The molecule has 1 heteroatoms. The maximum atomic E-state index is 2.58. The van der Waals surface area contributed by atoms with Gasteiger partial charge in [-0.15, -0.1) is 0 Å². The summed E-state index contributed by atoms with van der Waals surface area (Å²) < 4.78 is 0. The first kappa shape index (κ1) is 19.7. The summed E-state index contributed by atoms with van der Waals surface area (Å²) in [4.78, 5) is 0. The minimum absolute atomic E-state index is 0.0275. The van der Waals surface area contributed by atoms with Crippen LogP contribution >= 0.6 is 0 Å². The van der Waals surface area contributed by atoms with Crippen molar-refractivity contribution in [1.82, 2.24) is 0 Å². The van der Waals surface area contributed by atoms with Gasteiger partial charge in [-0.2, -0.15) is 0 Å². The van der Waals surface area contributed by atoms with Crippen LogP contribution in [0.2, 0.25) is 5.04 Å². The molecule has 146 valence electrons. The third-order valence-corrected chi connectivity index (χ3v) is 13.0. The van der Waals surface area contributed by atoms with E-state index in [0.717, 1.165) is 6.04 Å². The van der Waals surface area contributed by atoms with E-state index in [1.54, 1.807) is 0 Å². The van der Waals surface area contributed by atoms with Crippen LogP contribution in [0.1, 0.15) is 33.3 Å². The second-order valence-corrected chi connectivity index (χ2v) is 12.9. The van der Waals surface area contributed by atoms with Crippen LogP contribution in [-0.4, -0.2) is 8.07 Å². The third-order valence-electron chi connectivity index (χ3n) is 7.17. The van der Waals surface area contributed by atoms with E-state index in [2.05, 4.69) is 125 Å². The van der Waals surface area contributed by atoms with Gasteiger partial charge in [-0.25, -0.2) is 0 Å². The van der Waals surface area contributed by atoms with Crippen LogP contribution in [0.15, 0.2) is 114 Å². The predicted octanol–water partition coefficient (Wildman–Crippen LogP) is 6.09. The Hall–Kier alpha value is -2.64. The number of hydrogen-bond donors (Lipinski definition) is 0. The predicted molar refractivity (Wildman–Crippen MR) is 129 cm³/mol. The molecule has 0 fully saturated rings. The molecule has 0 aromatic heterocycles. The Kier molecular flexibility index (Phi) is 5.18. The molecule has 29 heavy (non-hydrogen) atoms. The van der Waals surface area contributed by atoms with E-state index in [9.17, 15) is 0 Å². The molecule has 0 nitrogen and oxygen atoms in total. The largest absolute Gasteiger partial charge is 0.135 e. The van der Waals surface area contributed by atoms with E-state index in [-0.39, 0.29) is 5.04 Å². The summed E-state index contributed by atoms with van der Waals surface area (Å²) in [6.07, 6.45) is 2.58. The number of allylic oxidation sites excluding steroid dienone is 4. The van der Waals surface area contributed by atoms with Crippen molar-refractivity contribution >= 4 is 18.4 Å². The van der Waals surface area contributed by atoms with Gasteiger partial charge in [0.1, 0.15) is 8.07 Å². The lowest BCUT2D eigenvalue weighted by molar-refractivity contribution is 0.851. The van der Waals surface area contributed by atoms with Crippen LogP contribution in [0.4, 0.5) is 0 Å². The van der Waals surface area contributed by atoms with Gasteiger partial charge >= 0.3 is 0 Å². The fourth-order valence-corrected chi connectivity index (χ4v) is 11.2. The second-order valence-electron chi connectivity index (χ2n) is 8.58. The molecule has 0 amide bonds. The minimum atomic E-state index is -2.26. The molecular weight excluding hydrogens is 364 g/mol. The summed E-state index contributed by atoms with van der Waals surface area (Å²) >= 11 is 0. The van der Waals surface area contributed by atoms with Crippen LogP contribution in [-0.2, 0) is 6.04 Å². The lowest BCUT2D eigenvalue weighted by Gasteiger charge is -2.47. The van der Waals surface area contributed by atoms with Crippen LogP contribution < -0.4 is 10.4 Å². The third kappa shape index (κ3) is 3.14. The Bertz CT molecular complexity index is 1010. The van der Waals surface area contributed by atoms with Crippen LogP contribution in [0, 0.1) is 0 Å². The molecule has 1 unspecified atom stereocenters. The van der Waals surface area contributed by atoms with Crippen molar-refractivity contribution in [2.45, 2.75) is 38.8 Å². The summed E-state index contributed by atoms with van der Waals surface area (Å²) in [5, 5.41) is 3.05. The Balaban J connectivity index is 2.08. The van der Waals surface area contributed by atoms with Crippen LogP contribution in [0.25, 0.3) is 0 Å². The standard InChI is InChI=1S/C28H30Si/c1-22-20-28(4,24(3)23(22)2)29(26-16-10-6-11-17-26,27-18-12-7-13-19-27)21-25-14-8-5-9-15-25/h5-20H,21H2,1-4H3. The Morgan fingerprint density at radius 2 is 1.10 bits per heavy atom. The van der Waals surface area contributed by atoms with Crippen molar-refractivity contribution < 1.29 is 0 Å². The molecule has 0 bridgehead atoms. The second kappa shape index (κ2) is 7.65. The van der Waals surface area contributed by atoms with E-state index in [0.29, 0.717) is 0 Å². The Morgan fingerprint density at radius 3 is 1.52 bits per heavy atom. The van der Waals surface area contributed by atoms with Gasteiger partial charge in [-0.1, -0.05) is 126 Å². The zero-order chi connectivity index (χ0) is 20.5. The molecule has 1 aliphatic rings. The van der Waals surface area contributed by atoms with Crippen LogP contribution in [0.5, 0.6) is 0 Å². The number of rotatable bonds is 5. The lowest BCUT2D eigenvalue weighted by Crippen LogP contribution is -2.67. The highest BCUT2D eigenvalue weighted by molar-refractivity contribution is 7.04. The smallest absolute Gasteiger partial charge is 0.0733 e. The highest BCUT2D eigenvalue weighted by atomic mass is 28.3. The van der Waals surface area contributed by atoms with Crippen molar-refractivity contribution in [3.8, 4) is 0 Å². The van der Waals surface area contributed by atoms with Gasteiger partial charge in [-0.3, -0.25) is 0 Å². The Labute approximate surface area is 176 Å². The van der Waals surface area contributed by atoms with E-state index in [4.69, 9.17) is 0 Å². The number of benzene rings is 3. The molecule has 0 spiro atoms. The van der Waals surface area contributed by atoms with Gasteiger partial charge < -0.3 is 0 Å². The van der Waals surface area contributed by atoms with Gasteiger partial charge in [0.15, 0.2) is 0 Å². The summed E-state index contributed by atoms with van der Waals surface area (Å²) in [5.74, 6) is 0. The Morgan fingerprint density at radius 1 is 0.655 bits per heavy atom. The summed E-state index contributed by atoms with van der Waals surface area (Å²) in [5.41, 5.74) is 5.85. The highest BCUT2D eigenvalue weighted by Crippen LogP contribution is 2.53. The van der Waals surface area contributed by atoms with E-state index in [1.807, 2.05) is 0 Å². The molecule has 3 aromatic carbocycles. The van der Waals surface area contributed by atoms with Gasteiger partial charge in [-0.05, 0) is 38.0 Å². The summed E-state index contributed by atoms with van der Waals surface area (Å²) in [6, 6.07) is 34.8. The quantitative estimate of drug-likeness (QED) is 0.460. The fourth-order valence-electron chi connectivity index (χ4n) is 5.28. The molecule has 0 N–H and O–H groups in total. The molecule has 3 aromatic rings. The molecule has 0 saturated carbocycles. The normalized spacial score (nSPS) is 19.4. The van der Waals surface area contributed by atoms with Crippen molar-refractivity contribution in [1.29, 1.82) is 0 Å². The average molecular weight is 395 g/mol. The first-order valence-electron chi connectivity index (χ1n) is 10.5. The maximum Gasteiger partial charge on any atom is 0.135 e. The SMILES string of the molecule is CC1=CC(C)([Si](Cc2ccccc2)(c2ccccc2)c2ccccc2)C(C)=C1C. The first-order valence-corrected chi connectivity index (χ1v) is 12.7. The number of hydrogen-bond acceptors (Lipinski definition) is 0. The lowest BCUT2D eigenvalue weighted by atomic mass is 10.0. The maximum absolute atomic E-state index is 2.58. The molecule has 1 aliphatic carbocycles. The van der Waals surface area contributed by atoms with E-state index in [1.165, 1.54) is 32.7 Å². The average Bonchev–Trinajstić information content (AvgIpc) is 2.97. The topological polar surface area (TPSA) is 0 Å². The van der Waals surface area contributed by atoms with Crippen molar-refractivity contribution in [3.05, 3.63) is 119 Å². The van der Waals surface area contributed by atoms with Gasteiger partial charge in [0.05, 0.1) is 0 Å². The van der Waals surface area contributed by atoms with Crippen molar-refractivity contribution in [2.75, 3.05) is 0 Å². The highest BCUT2D eigenvalue weighted by Gasteiger charge is 2.54. The molecule has 0 aliphatic heterocycles.